The first kappa shape index (κ1) is 13.1. The summed E-state index contributed by atoms with van der Waals surface area (Å²) in [5.41, 5.74) is 4.34. The molecule has 2 bridgehead atoms. The number of nitrogens with two attached hydrogens (primary N) is 1. The predicted molar refractivity (Wildman–Crippen MR) is 54.9 cm³/mol. The van der Waals surface area contributed by atoms with Crippen molar-refractivity contribution in [2.75, 3.05) is 6.54 Å². The van der Waals surface area contributed by atoms with Gasteiger partial charge in [-0.1, -0.05) is 0 Å². The molecule has 90 valence electrons. The van der Waals surface area contributed by atoms with E-state index in [2.05, 4.69) is 0 Å². The number of fused-ring (bicyclic) bond motifs is 3. The SMILES string of the molecule is Cl.NCC12CCC(C(F)(F)F)(CC1)CC2. The molecule has 0 heterocycles. The van der Waals surface area contributed by atoms with E-state index in [0.29, 0.717) is 45.1 Å². The lowest BCUT2D eigenvalue weighted by Gasteiger charge is -2.53. The average Bonchev–Trinajstić information content (AvgIpc) is 2.19. The molecule has 5 heteroatoms. The van der Waals surface area contributed by atoms with Crippen LogP contribution in [0.5, 0.6) is 0 Å². The third-order valence-electron chi connectivity index (χ3n) is 4.44. The van der Waals surface area contributed by atoms with Crippen molar-refractivity contribution >= 4 is 12.4 Å². The summed E-state index contributed by atoms with van der Waals surface area (Å²) in [6.07, 6.45) is -1.10. The molecule has 0 unspecified atom stereocenters. The topological polar surface area (TPSA) is 26.0 Å². The van der Waals surface area contributed by atoms with Crippen molar-refractivity contribution in [3.63, 3.8) is 0 Å². The van der Waals surface area contributed by atoms with Crippen LogP contribution in [-0.2, 0) is 0 Å². The zero-order chi connectivity index (χ0) is 10.4. The van der Waals surface area contributed by atoms with Crippen LogP contribution in [0.2, 0.25) is 0 Å². The van der Waals surface area contributed by atoms with Gasteiger partial charge in [-0.25, -0.2) is 0 Å². The maximum absolute atomic E-state index is 12.8. The van der Waals surface area contributed by atoms with Crippen molar-refractivity contribution < 1.29 is 13.2 Å². The molecule has 0 amide bonds. The van der Waals surface area contributed by atoms with Crippen LogP contribution in [0.1, 0.15) is 38.5 Å². The Morgan fingerprint density at radius 1 is 0.933 bits per heavy atom. The van der Waals surface area contributed by atoms with Gasteiger partial charge in [0.25, 0.3) is 0 Å². The van der Waals surface area contributed by atoms with E-state index in [1.165, 1.54) is 0 Å². The minimum Gasteiger partial charge on any atom is -0.330 e. The Morgan fingerprint density at radius 3 is 1.60 bits per heavy atom. The van der Waals surface area contributed by atoms with E-state index in [4.69, 9.17) is 5.73 Å². The largest absolute Gasteiger partial charge is 0.394 e. The summed E-state index contributed by atoms with van der Waals surface area (Å²) in [6.45, 7) is 0.556. The highest BCUT2D eigenvalue weighted by atomic mass is 35.5. The first-order chi connectivity index (χ1) is 6.43. The molecule has 0 radical (unpaired) electrons. The summed E-state index contributed by atoms with van der Waals surface area (Å²) in [7, 11) is 0. The quantitative estimate of drug-likeness (QED) is 0.752. The third kappa shape index (κ3) is 1.86. The standard InChI is InChI=1S/C10H16F3N.ClH/c11-10(12,13)9-4-1-8(7-14,2-5-9)3-6-9;/h1-7,14H2;1H. The molecule has 3 aliphatic rings. The van der Waals surface area contributed by atoms with E-state index >= 15 is 0 Å². The van der Waals surface area contributed by atoms with Gasteiger partial charge in [-0.3, -0.25) is 0 Å². The number of hydrogen-bond acceptors (Lipinski definition) is 1. The molecule has 15 heavy (non-hydrogen) atoms. The Kier molecular flexibility index (Phi) is 3.33. The fourth-order valence-corrected chi connectivity index (χ4v) is 2.99. The summed E-state index contributed by atoms with van der Waals surface area (Å²) in [5.74, 6) is 0. The van der Waals surface area contributed by atoms with Crippen molar-refractivity contribution in [1.82, 2.24) is 0 Å². The maximum Gasteiger partial charge on any atom is 0.394 e. The second-order valence-electron chi connectivity index (χ2n) is 4.98. The summed E-state index contributed by atoms with van der Waals surface area (Å²) < 4.78 is 38.5. The minimum absolute atomic E-state index is 0. The predicted octanol–water partition coefficient (Wildman–Crippen LogP) is 3.27. The second kappa shape index (κ2) is 3.81. The Labute approximate surface area is 94.0 Å². The molecule has 3 aliphatic carbocycles. The van der Waals surface area contributed by atoms with Crippen LogP contribution < -0.4 is 5.73 Å². The van der Waals surface area contributed by atoms with E-state index in [1.54, 1.807) is 0 Å². The van der Waals surface area contributed by atoms with Gasteiger partial charge in [-0.2, -0.15) is 13.2 Å². The lowest BCUT2D eigenvalue weighted by atomic mass is 9.53. The Morgan fingerprint density at radius 2 is 1.33 bits per heavy atom. The smallest absolute Gasteiger partial charge is 0.330 e. The van der Waals surface area contributed by atoms with Crippen molar-refractivity contribution in [2.45, 2.75) is 44.7 Å². The fourth-order valence-electron chi connectivity index (χ4n) is 2.99. The van der Waals surface area contributed by atoms with Gasteiger partial charge < -0.3 is 5.73 Å². The maximum atomic E-state index is 12.8. The molecule has 0 aromatic heterocycles. The highest BCUT2D eigenvalue weighted by molar-refractivity contribution is 5.85. The zero-order valence-electron chi connectivity index (χ0n) is 8.57. The average molecular weight is 244 g/mol. The fraction of sp³-hybridized carbons (Fsp3) is 1.00. The highest BCUT2D eigenvalue weighted by Crippen LogP contribution is 2.62. The van der Waals surface area contributed by atoms with E-state index in [9.17, 15) is 13.2 Å². The molecule has 1 nitrogen and oxygen atoms in total. The normalized spacial score (nSPS) is 40.0. The first-order valence-corrected chi connectivity index (χ1v) is 5.20. The van der Waals surface area contributed by atoms with Gasteiger partial charge in [0.1, 0.15) is 0 Å². The molecule has 0 saturated heterocycles. The van der Waals surface area contributed by atoms with Crippen molar-refractivity contribution in [3.05, 3.63) is 0 Å². The van der Waals surface area contributed by atoms with Gasteiger partial charge in [0.05, 0.1) is 5.41 Å². The second-order valence-corrected chi connectivity index (χ2v) is 4.98. The van der Waals surface area contributed by atoms with Gasteiger partial charge in [0, 0.05) is 0 Å². The molecule has 2 N–H and O–H groups in total. The first-order valence-electron chi connectivity index (χ1n) is 5.20. The Balaban J connectivity index is 0.00000112. The van der Waals surface area contributed by atoms with Crippen LogP contribution >= 0.6 is 12.4 Å². The monoisotopic (exact) mass is 243 g/mol. The van der Waals surface area contributed by atoms with Gasteiger partial charge in [-0.05, 0) is 50.5 Å². The van der Waals surface area contributed by atoms with E-state index in [0.717, 1.165) is 0 Å². The molecule has 0 aliphatic heterocycles. The van der Waals surface area contributed by atoms with Gasteiger partial charge in [0.2, 0.25) is 0 Å². The van der Waals surface area contributed by atoms with Crippen molar-refractivity contribution in [2.24, 2.45) is 16.6 Å². The van der Waals surface area contributed by atoms with E-state index in [-0.39, 0.29) is 17.8 Å². The minimum atomic E-state index is -4.01. The number of hydrogen-bond donors (Lipinski definition) is 1. The highest BCUT2D eigenvalue weighted by Gasteiger charge is 2.60. The van der Waals surface area contributed by atoms with Crippen molar-refractivity contribution in [3.8, 4) is 0 Å². The number of alkyl halides is 3. The third-order valence-corrected chi connectivity index (χ3v) is 4.44. The lowest BCUT2D eigenvalue weighted by molar-refractivity contribution is -0.259. The molecular weight excluding hydrogens is 227 g/mol. The van der Waals surface area contributed by atoms with Gasteiger partial charge >= 0.3 is 6.18 Å². The van der Waals surface area contributed by atoms with Crippen LogP contribution in [0.25, 0.3) is 0 Å². The van der Waals surface area contributed by atoms with Crippen LogP contribution in [-0.4, -0.2) is 12.7 Å². The lowest BCUT2D eigenvalue weighted by Crippen LogP contribution is -2.51. The van der Waals surface area contributed by atoms with Crippen LogP contribution in [0, 0.1) is 10.8 Å². The summed E-state index contributed by atoms with van der Waals surface area (Å²) in [6, 6.07) is 0. The molecule has 0 spiro atoms. The molecule has 3 fully saturated rings. The molecule has 0 atom stereocenters. The molecule has 3 saturated carbocycles. The Hall–Kier alpha value is 0.0400. The van der Waals surface area contributed by atoms with Crippen LogP contribution in [0.3, 0.4) is 0 Å². The zero-order valence-corrected chi connectivity index (χ0v) is 9.39. The van der Waals surface area contributed by atoms with Gasteiger partial charge in [0.15, 0.2) is 0 Å². The molecule has 0 aromatic carbocycles. The van der Waals surface area contributed by atoms with E-state index < -0.39 is 11.6 Å². The van der Waals surface area contributed by atoms with E-state index in [1.807, 2.05) is 0 Å². The number of halogens is 4. The summed E-state index contributed by atoms with van der Waals surface area (Å²) >= 11 is 0. The Bertz CT molecular complexity index is 215. The molecule has 0 aromatic rings. The van der Waals surface area contributed by atoms with Gasteiger partial charge in [-0.15, -0.1) is 12.4 Å². The summed E-state index contributed by atoms with van der Waals surface area (Å²) in [4.78, 5) is 0. The molecule has 3 rings (SSSR count). The summed E-state index contributed by atoms with van der Waals surface area (Å²) in [5, 5.41) is 0. The van der Waals surface area contributed by atoms with Crippen LogP contribution in [0.15, 0.2) is 0 Å². The van der Waals surface area contributed by atoms with Crippen LogP contribution in [0.4, 0.5) is 13.2 Å². The van der Waals surface area contributed by atoms with Crippen molar-refractivity contribution in [1.29, 1.82) is 0 Å². The molecular formula is C10H17ClF3N. The number of rotatable bonds is 1.